The van der Waals surface area contributed by atoms with Gasteiger partial charge in [-0.15, -0.1) is 0 Å². The van der Waals surface area contributed by atoms with Crippen molar-refractivity contribution in [1.29, 1.82) is 0 Å². The molecule has 2 aromatic carbocycles. The number of aromatic nitrogens is 2. The molecule has 2 aliphatic rings. The maximum atomic E-state index is 13.2. The summed E-state index contributed by atoms with van der Waals surface area (Å²) < 4.78 is 13.2. The zero-order valence-electron chi connectivity index (χ0n) is 16.9. The van der Waals surface area contributed by atoms with Crippen LogP contribution in [0.25, 0.3) is 11.0 Å². The Labute approximate surface area is 175 Å². The van der Waals surface area contributed by atoms with Gasteiger partial charge in [0.2, 0.25) is 0 Å². The van der Waals surface area contributed by atoms with Crippen molar-refractivity contribution in [2.45, 2.75) is 25.7 Å². The highest BCUT2D eigenvalue weighted by Crippen LogP contribution is 2.33. The van der Waals surface area contributed by atoms with Crippen LogP contribution in [0.4, 0.5) is 16.0 Å². The number of hydrogen-bond donors (Lipinski definition) is 0. The Bertz CT molecular complexity index is 1050. The monoisotopic (exact) mass is 404 g/mol. The van der Waals surface area contributed by atoms with E-state index in [0.29, 0.717) is 5.56 Å². The van der Waals surface area contributed by atoms with E-state index in [9.17, 15) is 9.18 Å². The van der Waals surface area contributed by atoms with Crippen molar-refractivity contribution in [3.05, 3.63) is 59.9 Å². The van der Waals surface area contributed by atoms with Crippen molar-refractivity contribution in [3.63, 3.8) is 0 Å². The van der Waals surface area contributed by atoms with Crippen LogP contribution < -0.4 is 9.80 Å². The molecular formula is C24H25FN4O. The normalized spacial score (nSPS) is 17.6. The van der Waals surface area contributed by atoms with E-state index in [2.05, 4.69) is 9.80 Å². The number of carbonyl (C=O) groups is 1. The number of benzene rings is 2. The van der Waals surface area contributed by atoms with Gasteiger partial charge < -0.3 is 9.80 Å². The van der Waals surface area contributed by atoms with Gasteiger partial charge in [0.1, 0.15) is 5.82 Å². The average molecular weight is 404 g/mol. The lowest BCUT2D eigenvalue weighted by atomic mass is 9.89. The summed E-state index contributed by atoms with van der Waals surface area (Å²) in [5.41, 5.74) is 2.42. The molecule has 2 fully saturated rings. The van der Waals surface area contributed by atoms with Gasteiger partial charge in [0.25, 0.3) is 0 Å². The van der Waals surface area contributed by atoms with E-state index >= 15 is 0 Å². The number of hydrogen-bond acceptors (Lipinski definition) is 5. The first kappa shape index (κ1) is 19.0. The lowest BCUT2D eigenvalue weighted by Crippen LogP contribution is -2.38. The second-order valence-electron chi connectivity index (χ2n) is 8.19. The number of halogens is 1. The van der Waals surface area contributed by atoms with Crippen LogP contribution in [0.2, 0.25) is 0 Å². The first-order valence-corrected chi connectivity index (χ1v) is 10.8. The van der Waals surface area contributed by atoms with Gasteiger partial charge in [-0.3, -0.25) is 4.79 Å². The average Bonchev–Trinajstić information content (AvgIpc) is 3.33. The molecule has 154 valence electrons. The number of Topliss-reactive ketones (excluding diaryl/α,β-unsaturated/α-hetero) is 1. The minimum atomic E-state index is -0.314. The molecule has 0 bridgehead atoms. The highest BCUT2D eigenvalue weighted by atomic mass is 19.1. The number of piperidine rings is 1. The van der Waals surface area contributed by atoms with E-state index in [1.165, 1.54) is 25.0 Å². The molecule has 0 aliphatic carbocycles. The van der Waals surface area contributed by atoms with Gasteiger partial charge in [-0.25, -0.2) is 14.4 Å². The van der Waals surface area contributed by atoms with Crippen LogP contribution in [-0.2, 0) is 0 Å². The van der Waals surface area contributed by atoms with Crippen LogP contribution in [0.5, 0.6) is 0 Å². The fourth-order valence-corrected chi connectivity index (χ4v) is 4.54. The van der Waals surface area contributed by atoms with E-state index < -0.39 is 0 Å². The molecule has 0 radical (unpaired) electrons. The van der Waals surface area contributed by atoms with Crippen molar-refractivity contribution in [2.75, 3.05) is 36.0 Å². The quantitative estimate of drug-likeness (QED) is 0.601. The zero-order chi connectivity index (χ0) is 20.5. The number of para-hydroxylation sites is 2. The SMILES string of the molecule is O=C(c1ccc(F)cc1)C1CCN(c2nc3ccccc3nc2N2CCCC2)CC1. The molecule has 0 spiro atoms. The smallest absolute Gasteiger partial charge is 0.172 e. The minimum absolute atomic E-state index is 0.0321. The fourth-order valence-electron chi connectivity index (χ4n) is 4.54. The van der Waals surface area contributed by atoms with Crippen LogP contribution in [0.15, 0.2) is 48.5 Å². The Morgan fingerprint density at radius 1 is 0.800 bits per heavy atom. The molecule has 3 heterocycles. The third-order valence-electron chi connectivity index (χ3n) is 6.23. The summed E-state index contributed by atoms with van der Waals surface area (Å²) in [5.74, 6) is 1.66. The summed E-state index contributed by atoms with van der Waals surface area (Å²) in [5, 5.41) is 0. The fraction of sp³-hybridized carbons (Fsp3) is 0.375. The van der Waals surface area contributed by atoms with Crippen LogP contribution in [0.3, 0.4) is 0 Å². The standard InChI is InChI=1S/C24H25FN4O/c25-19-9-7-17(8-10-19)22(30)18-11-15-29(16-12-18)24-23(28-13-3-4-14-28)26-20-5-1-2-6-21(20)27-24/h1-2,5-10,18H,3-4,11-16H2. The molecule has 2 aliphatic heterocycles. The Kier molecular flexibility index (Phi) is 5.07. The number of rotatable bonds is 4. The Morgan fingerprint density at radius 2 is 1.33 bits per heavy atom. The third kappa shape index (κ3) is 3.62. The molecule has 2 saturated heterocycles. The predicted molar refractivity (Wildman–Crippen MR) is 117 cm³/mol. The minimum Gasteiger partial charge on any atom is -0.354 e. The first-order valence-electron chi connectivity index (χ1n) is 10.8. The molecule has 30 heavy (non-hydrogen) atoms. The van der Waals surface area contributed by atoms with E-state index in [1.54, 1.807) is 12.1 Å². The maximum Gasteiger partial charge on any atom is 0.172 e. The summed E-state index contributed by atoms with van der Waals surface area (Å²) in [4.78, 5) is 27.4. The highest BCUT2D eigenvalue weighted by Gasteiger charge is 2.29. The van der Waals surface area contributed by atoms with Crippen molar-refractivity contribution in [1.82, 2.24) is 9.97 Å². The van der Waals surface area contributed by atoms with Gasteiger partial charge in [-0.1, -0.05) is 12.1 Å². The number of fused-ring (bicyclic) bond motifs is 1. The number of nitrogens with zero attached hydrogens (tertiary/aromatic N) is 4. The summed E-state index contributed by atoms with van der Waals surface area (Å²) in [6.07, 6.45) is 3.90. The van der Waals surface area contributed by atoms with Crippen LogP contribution in [0, 0.1) is 11.7 Å². The lowest BCUT2D eigenvalue weighted by Gasteiger charge is -2.34. The van der Waals surface area contributed by atoms with Crippen molar-refractivity contribution < 1.29 is 9.18 Å². The number of carbonyl (C=O) groups excluding carboxylic acids is 1. The third-order valence-corrected chi connectivity index (χ3v) is 6.23. The maximum absolute atomic E-state index is 13.2. The second-order valence-corrected chi connectivity index (χ2v) is 8.19. The summed E-state index contributed by atoms with van der Waals surface area (Å²) in [6.45, 7) is 3.57. The van der Waals surface area contributed by atoms with Gasteiger partial charge in [-0.05, 0) is 62.1 Å². The van der Waals surface area contributed by atoms with E-state index in [-0.39, 0.29) is 17.5 Å². The van der Waals surface area contributed by atoms with Gasteiger partial charge in [0, 0.05) is 37.7 Å². The topological polar surface area (TPSA) is 49.3 Å². The van der Waals surface area contributed by atoms with E-state index in [1.807, 2.05) is 24.3 Å². The van der Waals surface area contributed by atoms with Crippen molar-refractivity contribution >= 4 is 28.5 Å². The Hall–Kier alpha value is -3.02. The molecular weight excluding hydrogens is 379 g/mol. The molecule has 0 saturated carbocycles. The number of ketones is 1. The van der Waals surface area contributed by atoms with Gasteiger partial charge in [0.05, 0.1) is 11.0 Å². The van der Waals surface area contributed by atoms with Crippen LogP contribution in [0.1, 0.15) is 36.0 Å². The summed E-state index contributed by atoms with van der Waals surface area (Å²) in [6, 6.07) is 13.9. The van der Waals surface area contributed by atoms with Crippen LogP contribution in [-0.4, -0.2) is 41.9 Å². The number of anilines is 2. The van der Waals surface area contributed by atoms with Gasteiger partial charge >= 0.3 is 0 Å². The van der Waals surface area contributed by atoms with E-state index in [0.717, 1.165) is 61.7 Å². The molecule has 0 atom stereocenters. The van der Waals surface area contributed by atoms with Gasteiger partial charge in [0.15, 0.2) is 17.4 Å². The molecule has 0 unspecified atom stereocenters. The molecule has 3 aromatic rings. The van der Waals surface area contributed by atoms with Crippen molar-refractivity contribution in [3.8, 4) is 0 Å². The largest absolute Gasteiger partial charge is 0.354 e. The highest BCUT2D eigenvalue weighted by molar-refractivity contribution is 5.98. The molecule has 5 rings (SSSR count). The second kappa shape index (κ2) is 8.01. The summed E-state index contributed by atoms with van der Waals surface area (Å²) >= 11 is 0. The molecule has 0 N–H and O–H groups in total. The molecule has 6 heteroatoms. The zero-order valence-corrected chi connectivity index (χ0v) is 16.9. The van der Waals surface area contributed by atoms with Crippen molar-refractivity contribution in [2.24, 2.45) is 5.92 Å². The molecule has 1 aromatic heterocycles. The summed E-state index contributed by atoms with van der Waals surface area (Å²) in [7, 11) is 0. The molecule has 0 amide bonds. The first-order chi connectivity index (χ1) is 14.7. The van der Waals surface area contributed by atoms with E-state index in [4.69, 9.17) is 9.97 Å². The van der Waals surface area contributed by atoms with Crippen LogP contribution >= 0.6 is 0 Å². The Morgan fingerprint density at radius 3 is 1.90 bits per heavy atom. The molecule has 5 nitrogen and oxygen atoms in total. The van der Waals surface area contributed by atoms with Gasteiger partial charge in [-0.2, -0.15) is 0 Å². The Balaban J connectivity index is 1.38. The lowest BCUT2D eigenvalue weighted by molar-refractivity contribution is 0.0900. The predicted octanol–water partition coefficient (Wildman–Crippen LogP) is 4.47.